The lowest BCUT2D eigenvalue weighted by Gasteiger charge is -2.30. The van der Waals surface area contributed by atoms with Gasteiger partial charge < -0.3 is 10.6 Å². The Kier molecular flexibility index (Phi) is 4.59. The zero-order chi connectivity index (χ0) is 14.7. The van der Waals surface area contributed by atoms with Gasteiger partial charge in [0, 0.05) is 5.69 Å². The molecule has 1 heterocycles. The number of hydrogen-bond donors (Lipinski definition) is 2. The zero-order valence-corrected chi connectivity index (χ0v) is 12.9. The van der Waals surface area contributed by atoms with Crippen molar-refractivity contribution < 1.29 is 4.79 Å². The van der Waals surface area contributed by atoms with Gasteiger partial charge in [-0.2, -0.15) is 0 Å². The first-order valence-electron chi connectivity index (χ1n) is 8.36. The predicted octanol–water partition coefficient (Wildman–Crippen LogP) is 3.36. The average molecular weight is 286 g/mol. The van der Waals surface area contributed by atoms with Crippen LogP contribution in [0.3, 0.4) is 0 Å². The molecule has 1 saturated carbocycles. The molecule has 1 aliphatic carbocycles. The maximum Gasteiger partial charge on any atom is 0.241 e. The molecule has 3 unspecified atom stereocenters. The number of nitrogens with one attached hydrogen (secondary N) is 2. The molecular weight excluding hydrogens is 260 g/mol. The minimum atomic E-state index is -0.0495. The Morgan fingerprint density at radius 1 is 1.19 bits per heavy atom. The van der Waals surface area contributed by atoms with Gasteiger partial charge >= 0.3 is 0 Å². The van der Waals surface area contributed by atoms with Gasteiger partial charge in [0.25, 0.3) is 0 Å². The van der Waals surface area contributed by atoms with Gasteiger partial charge in [0.05, 0.1) is 6.04 Å². The van der Waals surface area contributed by atoms with Crippen LogP contribution in [0.5, 0.6) is 0 Å². The van der Waals surface area contributed by atoms with Gasteiger partial charge in [-0.1, -0.05) is 44.4 Å². The molecule has 1 aromatic carbocycles. The predicted molar refractivity (Wildman–Crippen MR) is 86.3 cm³/mol. The molecule has 1 aliphatic heterocycles. The highest BCUT2D eigenvalue weighted by Gasteiger charge is 2.26. The first-order valence-corrected chi connectivity index (χ1v) is 8.36. The van der Waals surface area contributed by atoms with Crippen molar-refractivity contribution in [2.45, 2.75) is 51.5 Å². The van der Waals surface area contributed by atoms with Gasteiger partial charge in [-0.05, 0) is 49.3 Å². The fraction of sp³-hybridized carbons (Fsp3) is 0.611. The van der Waals surface area contributed by atoms with Crippen molar-refractivity contribution in [3.05, 3.63) is 29.8 Å². The number of carbonyl (C=O) groups excluding carboxylic acids is 1. The second-order valence-corrected chi connectivity index (χ2v) is 6.67. The van der Waals surface area contributed by atoms with E-state index < -0.39 is 0 Å². The van der Waals surface area contributed by atoms with E-state index in [1.807, 2.05) is 18.2 Å². The van der Waals surface area contributed by atoms with Crippen LogP contribution < -0.4 is 10.6 Å². The van der Waals surface area contributed by atoms with Gasteiger partial charge in [0.2, 0.25) is 5.91 Å². The first-order chi connectivity index (χ1) is 10.2. The molecule has 0 radical (unpaired) electrons. The number of carbonyl (C=O) groups is 1. The topological polar surface area (TPSA) is 41.1 Å². The van der Waals surface area contributed by atoms with Crippen LogP contribution in [0.4, 0.5) is 5.69 Å². The molecule has 2 N–H and O–H groups in total. The molecule has 0 saturated heterocycles. The molecule has 1 fully saturated rings. The summed E-state index contributed by atoms with van der Waals surface area (Å²) in [6.45, 7) is 3.34. The van der Waals surface area contributed by atoms with Crippen molar-refractivity contribution in [2.24, 2.45) is 11.8 Å². The third-order valence-electron chi connectivity index (χ3n) is 5.21. The molecule has 3 atom stereocenters. The van der Waals surface area contributed by atoms with Crippen LogP contribution in [-0.4, -0.2) is 18.5 Å². The number of fused-ring (bicyclic) bond motifs is 1. The Balaban J connectivity index is 1.58. The lowest BCUT2D eigenvalue weighted by atomic mass is 9.80. The van der Waals surface area contributed by atoms with E-state index in [0.29, 0.717) is 0 Å². The molecule has 3 heteroatoms. The maximum absolute atomic E-state index is 12.4. The molecule has 2 aliphatic rings. The fourth-order valence-corrected chi connectivity index (χ4v) is 3.70. The van der Waals surface area contributed by atoms with Crippen LogP contribution in [0.1, 0.15) is 44.6 Å². The largest absolute Gasteiger partial charge is 0.324 e. The number of para-hydroxylation sites is 1. The van der Waals surface area contributed by atoms with E-state index >= 15 is 0 Å². The Hall–Kier alpha value is -1.35. The van der Waals surface area contributed by atoms with Crippen molar-refractivity contribution >= 4 is 11.6 Å². The number of anilines is 1. The highest BCUT2D eigenvalue weighted by Crippen LogP contribution is 2.29. The molecule has 3 rings (SSSR count). The van der Waals surface area contributed by atoms with Crippen molar-refractivity contribution in [2.75, 3.05) is 11.9 Å². The van der Waals surface area contributed by atoms with E-state index in [4.69, 9.17) is 0 Å². The minimum absolute atomic E-state index is 0.0495. The Morgan fingerprint density at radius 3 is 2.86 bits per heavy atom. The molecule has 1 amide bonds. The summed E-state index contributed by atoms with van der Waals surface area (Å²) in [6, 6.07) is 8.09. The summed E-state index contributed by atoms with van der Waals surface area (Å²) in [7, 11) is 0. The van der Waals surface area contributed by atoms with Gasteiger partial charge in [-0.15, -0.1) is 0 Å². The smallest absolute Gasteiger partial charge is 0.241 e. The van der Waals surface area contributed by atoms with Crippen LogP contribution in [0, 0.1) is 11.8 Å². The van der Waals surface area contributed by atoms with Gasteiger partial charge in [-0.25, -0.2) is 0 Å². The third-order valence-corrected chi connectivity index (χ3v) is 5.21. The summed E-state index contributed by atoms with van der Waals surface area (Å²) in [6.07, 6.45) is 7.23. The first kappa shape index (κ1) is 14.6. The second kappa shape index (κ2) is 6.61. The Bertz CT molecular complexity index is 500. The molecule has 114 valence electrons. The molecule has 3 nitrogen and oxygen atoms in total. The van der Waals surface area contributed by atoms with Crippen molar-refractivity contribution in [1.82, 2.24) is 5.32 Å². The number of amides is 1. The van der Waals surface area contributed by atoms with Gasteiger partial charge in [-0.3, -0.25) is 4.79 Å². The van der Waals surface area contributed by atoms with Crippen molar-refractivity contribution in [1.29, 1.82) is 0 Å². The highest BCUT2D eigenvalue weighted by atomic mass is 16.2. The maximum atomic E-state index is 12.4. The second-order valence-electron chi connectivity index (χ2n) is 6.67. The summed E-state index contributed by atoms with van der Waals surface area (Å²) in [5.41, 5.74) is 2.24. The summed E-state index contributed by atoms with van der Waals surface area (Å²) < 4.78 is 0. The normalized spacial score (nSPS) is 29.4. The van der Waals surface area contributed by atoms with Crippen molar-refractivity contribution in [3.63, 3.8) is 0 Å². The van der Waals surface area contributed by atoms with Crippen molar-refractivity contribution in [3.8, 4) is 0 Å². The number of benzene rings is 1. The van der Waals surface area contributed by atoms with Crippen LogP contribution in [0.15, 0.2) is 24.3 Å². The number of rotatable bonds is 3. The minimum Gasteiger partial charge on any atom is -0.324 e. The molecule has 0 aromatic heterocycles. The Labute approximate surface area is 127 Å². The molecule has 0 bridgehead atoms. The van der Waals surface area contributed by atoms with Crippen LogP contribution in [0.2, 0.25) is 0 Å². The van der Waals surface area contributed by atoms with E-state index in [-0.39, 0.29) is 11.9 Å². The van der Waals surface area contributed by atoms with Crippen LogP contribution in [-0.2, 0) is 11.2 Å². The highest BCUT2D eigenvalue weighted by molar-refractivity contribution is 5.96. The summed E-state index contributed by atoms with van der Waals surface area (Å²) in [5.74, 6) is 1.65. The third kappa shape index (κ3) is 3.46. The summed E-state index contributed by atoms with van der Waals surface area (Å²) in [4.78, 5) is 12.4. The number of hydrogen-bond acceptors (Lipinski definition) is 2. The van der Waals surface area contributed by atoms with Gasteiger partial charge in [0.15, 0.2) is 0 Å². The number of aryl methyl sites for hydroxylation is 1. The molecule has 0 spiro atoms. The quantitative estimate of drug-likeness (QED) is 0.894. The lowest BCUT2D eigenvalue weighted by Crippen LogP contribution is -2.43. The summed E-state index contributed by atoms with van der Waals surface area (Å²) >= 11 is 0. The fourth-order valence-electron chi connectivity index (χ4n) is 3.70. The van der Waals surface area contributed by atoms with E-state index in [2.05, 4.69) is 23.6 Å². The molecule has 1 aromatic rings. The Morgan fingerprint density at radius 2 is 2.00 bits per heavy atom. The van der Waals surface area contributed by atoms with E-state index in [9.17, 15) is 4.79 Å². The SMILES string of the molecule is CC1CCCCC1CNC1CCc2ccccc2NC1=O. The van der Waals surface area contributed by atoms with E-state index in [1.165, 1.54) is 31.2 Å². The summed E-state index contributed by atoms with van der Waals surface area (Å²) in [5, 5.41) is 6.60. The zero-order valence-electron chi connectivity index (χ0n) is 12.9. The van der Waals surface area contributed by atoms with Crippen LogP contribution in [0.25, 0.3) is 0 Å². The molecule has 21 heavy (non-hydrogen) atoms. The monoisotopic (exact) mass is 286 g/mol. The van der Waals surface area contributed by atoms with E-state index in [0.717, 1.165) is 36.9 Å². The lowest BCUT2D eigenvalue weighted by molar-refractivity contribution is -0.118. The average Bonchev–Trinajstić information content (AvgIpc) is 2.65. The van der Waals surface area contributed by atoms with Gasteiger partial charge in [0.1, 0.15) is 0 Å². The standard InChI is InChI=1S/C18H26N2O/c1-13-6-2-3-8-15(13)12-19-17-11-10-14-7-4-5-9-16(14)20-18(17)21/h4-5,7,9,13,15,17,19H,2-3,6,8,10-12H2,1H3,(H,20,21). The van der Waals surface area contributed by atoms with Crippen LogP contribution >= 0.6 is 0 Å². The van der Waals surface area contributed by atoms with E-state index in [1.54, 1.807) is 0 Å². The molecular formula is C18H26N2O.